The number of aromatic carboxylic acids is 1. The number of carboxylic acid groups (broad SMARTS) is 1. The molecule has 0 aliphatic heterocycles. The Kier molecular flexibility index (Phi) is 3.84. The van der Waals surface area contributed by atoms with E-state index >= 15 is 0 Å². The van der Waals surface area contributed by atoms with E-state index in [1.807, 2.05) is 24.3 Å². The number of anilines is 1. The van der Waals surface area contributed by atoms with Gasteiger partial charge in [-0.05, 0) is 28.3 Å². The van der Waals surface area contributed by atoms with Crippen LogP contribution in [0.4, 0.5) is 5.69 Å². The SMILES string of the molecule is Cn1cc(NC(=O)CC2c3ccccc3-c3ccccc32)cc1C(=O)[O-]. The van der Waals surface area contributed by atoms with Crippen LogP contribution in [-0.2, 0) is 11.8 Å². The number of rotatable bonds is 4. The number of aryl methyl sites for hydroxylation is 1. The van der Waals surface area contributed by atoms with Crippen molar-refractivity contribution < 1.29 is 14.7 Å². The van der Waals surface area contributed by atoms with Crippen molar-refractivity contribution in [2.24, 2.45) is 7.05 Å². The summed E-state index contributed by atoms with van der Waals surface area (Å²) in [7, 11) is 1.60. The van der Waals surface area contributed by atoms with Crippen molar-refractivity contribution in [3.63, 3.8) is 0 Å². The van der Waals surface area contributed by atoms with Gasteiger partial charge in [0.05, 0.1) is 17.4 Å². The molecule has 0 radical (unpaired) electrons. The maximum absolute atomic E-state index is 12.6. The quantitative estimate of drug-likeness (QED) is 0.790. The van der Waals surface area contributed by atoms with Gasteiger partial charge in [0.25, 0.3) is 0 Å². The van der Waals surface area contributed by atoms with Crippen LogP contribution in [0.3, 0.4) is 0 Å². The third kappa shape index (κ3) is 2.67. The molecule has 5 nitrogen and oxygen atoms in total. The summed E-state index contributed by atoms with van der Waals surface area (Å²) in [6, 6.07) is 17.7. The van der Waals surface area contributed by atoms with Crippen LogP contribution in [0.15, 0.2) is 60.8 Å². The van der Waals surface area contributed by atoms with E-state index in [1.54, 1.807) is 13.2 Å². The second-order valence-electron chi connectivity index (χ2n) is 6.49. The highest BCUT2D eigenvalue weighted by molar-refractivity contribution is 5.94. The number of carbonyl (C=O) groups is 2. The van der Waals surface area contributed by atoms with Gasteiger partial charge in [0, 0.05) is 25.6 Å². The van der Waals surface area contributed by atoms with E-state index < -0.39 is 5.97 Å². The van der Waals surface area contributed by atoms with Crippen molar-refractivity contribution in [3.8, 4) is 11.1 Å². The number of fused-ring (bicyclic) bond motifs is 3. The minimum atomic E-state index is -1.27. The summed E-state index contributed by atoms with van der Waals surface area (Å²) < 4.78 is 1.42. The van der Waals surface area contributed by atoms with E-state index in [-0.39, 0.29) is 17.5 Å². The Labute approximate surface area is 150 Å². The molecule has 1 amide bonds. The number of hydrogen-bond donors (Lipinski definition) is 1. The van der Waals surface area contributed by atoms with Gasteiger partial charge in [0.1, 0.15) is 0 Å². The Bertz CT molecular complexity index is 974. The lowest BCUT2D eigenvalue weighted by molar-refractivity contribution is -0.255. The zero-order chi connectivity index (χ0) is 18.3. The van der Waals surface area contributed by atoms with Crippen molar-refractivity contribution in [2.75, 3.05) is 5.32 Å². The van der Waals surface area contributed by atoms with Crippen molar-refractivity contribution in [1.82, 2.24) is 4.57 Å². The van der Waals surface area contributed by atoms with Gasteiger partial charge in [-0.1, -0.05) is 48.5 Å². The molecule has 5 heteroatoms. The first-order valence-electron chi connectivity index (χ1n) is 8.40. The lowest BCUT2D eigenvalue weighted by atomic mass is 9.93. The van der Waals surface area contributed by atoms with Crippen molar-refractivity contribution in [1.29, 1.82) is 0 Å². The molecule has 2 aromatic carbocycles. The third-order valence-electron chi connectivity index (χ3n) is 4.85. The second-order valence-corrected chi connectivity index (χ2v) is 6.49. The molecular formula is C21H17N2O3-. The number of amides is 1. The molecule has 0 unspecified atom stereocenters. The van der Waals surface area contributed by atoms with E-state index in [2.05, 4.69) is 29.6 Å². The number of aromatic nitrogens is 1. The van der Waals surface area contributed by atoms with Gasteiger partial charge < -0.3 is 19.8 Å². The van der Waals surface area contributed by atoms with Crippen LogP contribution in [-0.4, -0.2) is 16.4 Å². The maximum atomic E-state index is 12.6. The summed E-state index contributed by atoms with van der Waals surface area (Å²) >= 11 is 0. The average Bonchev–Trinajstić information content (AvgIpc) is 3.14. The Hall–Kier alpha value is -3.34. The van der Waals surface area contributed by atoms with Gasteiger partial charge >= 0.3 is 0 Å². The Morgan fingerprint density at radius 3 is 2.15 bits per heavy atom. The van der Waals surface area contributed by atoms with E-state index in [9.17, 15) is 14.7 Å². The highest BCUT2D eigenvalue weighted by Gasteiger charge is 2.29. The summed E-state index contributed by atoms with van der Waals surface area (Å²) in [6.07, 6.45) is 1.86. The van der Waals surface area contributed by atoms with Crippen molar-refractivity contribution in [3.05, 3.63) is 77.6 Å². The fraction of sp³-hybridized carbons (Fsp3) is 0.143. The molecule has 1 N–H and O–H groups in total. The first-order valence-corrected chi connectivity index (χ1v) is 8.40. The summed E-state index contributed by atoms with van der Waals surface area (Å²) in [4.78, 5) is 23.6. The molecule has 4 rings (SSSR count). The molecule has 3 aromatic rings. The van der Waals surface area contributed by atoms with E-state index in [1.165, 1.54) is 21.8 Å². The molecular weight excluding hydrogens is 328 g/mol. The highest BCUT2D eigenvalue weighted by Crippen LogP contribution is 2.46. The van der Waals surface area contributed by atoms with Crippen LogP contribution in [0.1, 0.15) is 34.0 Å². The van der Waals surface area contributed by atoms with Gasteiger partial charge in [-0.2, -0.15) is 0 Å². The molecule has 0 bridgehead atoms. The second kappa shape index (κ2) is 6.19. The topological polar surface area (TPSA) is 74.2 Å². The smallest absolute Gasteiger partial charge is 0.225 e. The number of nitrogens with one attached hydrogen (secondary N) is 1. The van der Waals surface area contributed by atoms with E-state index in [4.69, 9.17) is 0 Å². The largest absolute Gasteiger partial charge is 0.543 e. The lowest BCUT2D eigenvalue weighted by Gasteiger charge is -2.13. The van der Waals surface area contributed by atoms with Gasteiger partial charge in [0.2, 0.25) is 5.91 Å². The zero-order valence-corrected chi connectivity index (χ0v) is 14.2. The summed E-state index contributed by atoms with van der Waals surface area (Å²) in [5.74, 6) is -1.43. The molecule has 130 valence electrons. The first-order chi connectivity index (χ1) is 12.5. The van der Waals surface area contributed by atoms with Gasteiger partial charge in [-0.25, -0.2) is 0 Å². The monoisotopic (exact) mass is 345 g/mol. The lowest BCUT2D eigenvalue weighted by Crippen LogP contribution is -2.24. The Balaban J connectivity index is 1.58. The molecule has 1 heterocycles. The molecule has 0 spiro atoms. The number of hydrogen-bond acceptors (Lipinski definition) is 3. The number of carboxylic acids is 1. The fourth-order valence-electron chi connectivity index (χ4n) is 3.71. The molecule has 0 fully saturated rings. The van der Waals surface area contributed by atoms with Gasteiger partial charge in [0.15, 0.2) is 0 Å². The van der Waals surface area contributed by atoms with Crippen LogP contribution < -0.4 is 10.4 Å². The normalized spacial score (nSPS) is 12.5. The van der Waals surface area contributed by atoms with E-state index in [0.29, 0.717) is 12.1 Å². The van der Waals surface area contributed by atoms with Crippen molar-refractivity contribution in [2.45, 2.75) is 12.3 Å². The Morgan fingerprint density at radius 2 is 1.62 bits per heavy atom. The van der Waals surface area contributed by atoms with Gasteiger partial charge in [-0.15, -0.1) is 0 Å². The fourth-order valence-corrected chi connectivity index (χ4v) is 3.71. The molecule has 1 aromatic heterocycles. The van der Waals surface area contributed by atoms with Crippen LogP contribution in [0.5, 0.6) is 0 Å². The average molecular weight is 345 g/mol. The van der Waals surface area contributed by atoms with Crippen LogP contribution >= 0.6 is 0 Å². The van der Waals surface area contributed by atoms with Crippen molar-refractivity contribution >= 4 is 17.6 Å². The molecule has 26 heavy (non-hydrogen) atoms. The number of benzene rings is 2. The number of carbonyl (C=O) groups excluding carboxylic acids is 2. The standard InChI is InChI=1S/C21H18N2O3/c1-23-12-13(10-19(23)21(25)26)22-20(24)11-18-16-8-4-2-6-14(16)15-7-3-5-9-17(15)18/h2-10,12,18H,11H2,1H3,(H,22,24)(H,25,26)/p-1. The predicted molar refractivity (Wildman–Crippen MR) is 96.7 cm³/mol. The zero-order valence-electron chi connectivity index (χ0n) is 14.2. The predicted octanol–water partition coefficient (Wildman–Crippen LogP) is 2.53. The highest BCUT2D eigenvalue weighted by atomic mass is 16.4. The van der Waals surface area contributed by atoms with Gasteiger partial charge in [-0.3, -0.25) is 4.79 Å². The molecule has 1 aliphatic rings. The van der Waals surface area contributed by atoms with Crippen LogP contribution in [0.2, 0.25) is 0 Å². The first kappa shape index (κ1) is 16.1. The minimum absolute atomic E-state index is 0.00766. The van der Waals surface area contributed by atoms with Crippen LogP contribution in [0.25, 0.3) is 11.1 Å². The van der Waals surface area contributed by atoms with Crippen LogP contribution in [0, 0.1) is 0 Å². The summed E-state index contributed by atoms with van der Waals surface area (Å²) in [5, 5.41) is 13.8. The maximum Gasteiger partial charge on any atom is 0.225 e. The molecule has 1 aliphatic carbocycles. The molecule has 0 atom stereocenters. The number of nitrogens with zero attached hydrogens (tertiary/aromatic N) is 1. The Morgan fingerprint density at radius 1 is 1.04 bits per heavy atom. The summed E-state index contributed by atoms with van der Waals surface area (Å²) in [6.45, 7) is 0. The minimum Gasteiger partial charge on any atom is -0.543 e. The summed E-state index contributed by atoms with van der Waals surface area (Å²) in [5.41, 5.74) is 5.10. The third-order valence-corrected chi connectivity index (χ3v) is 4.85. The molecule has 0 saturated heterocycles. The molecule has 0 saturated carbocycles. The van der Waals surface area contributed by atoms with E-state index in [0.717, 1.165) is 11.1 Å².